The zero-order chi connectivity index (χ0) is 14.7. The fourth-order valence-corrected chi connectivity index (χ4v) is 4.03. The van der Waals surface area contributed by atoms with Crippen molar-refractivity contribution in [2.24, 2.45) is 17.6 Å². The lowest BCUT2D eigenvalue weighted by Gasteiger charge is -2.33. The molecule has 7 heteroatoms. The predicted molar refractivity (Wildman–Crippen MR) is 64.8 cm³/mol. The molecule has 3 fully saturated rings. The summed E-state index contributed by atoms with van der Waals surface area (Å²) < 4.78 is 20.0. The molecule has 0 saturated heterocycles. The van der Waals surface area contributed by atoms with Gasteiger partial charge in [-0.3, -0.25) is 4.79 Å². The molecule has 3 aliphatic rings. The molecule has 112 valence electrons. The highest BCUT2D eigenvalue weighted by molar-refractivity contribution is 5.90. The van der Waals surface area contributed by atoms with E-state index < -0.39 is 41.1 Å². The Bertz CT molecular complexity index is 466. The molecule has 0 radical (unpaired) electrons. The Balaban J connectivity index is 1.81. The van der Waals surface area contributed by atoms with Crippen LogP contribution in [0.5, 0.6) is 0 Å². The first-order valence-electron chi connectivity index (χ1n) is 6.93. The van der Waals surface area contributed by atoms with Crippen molar-refractivity contribution >= 4 is 11.9 Å². The molecular formula is C13H18FNO5. The molecule has 0 bridgehead atoms. The smallest absolute Gasteiger partial charge is 0.342 e. The summed E-state index contributed by atoms with van der Waals surface area (Å²) in [6.45, 7) is 0. The third kappa shape index (κ3) is 1.56. The molecule has 0 spiro atoms. The molecule has 0 aromatic carbocycles. The van der Waals surface area contributed by atoms with Crippen LogP contribution >= 0.6 is 0 Å². The molecule has 3 aliphatic carbocycles. The summed E-state index contributed by atoms with van der Waals surface area (Å²) in [5.74, 6) is -5.06. The maximum atomic E-state index is 14.3. The van der Waals surface area contributed by atoms with Gasteiger partial charge in [0.25, 0.3) is 0 Å². The lowest BCUT2D eigenvalue weighted by molar-refractivity contribution is -0.158. The molecule has 0 aromatic heterocycles. The standard InChI is InChI=1S/C13H18FNO5/c14-12(10(16)17)7-5-8(20-6-3-1-2-4-6)13(15,9(7)12)11(18)19/h6-9H,1-5,15H2,(H,16,17)(H,18,19)/t7-,8-,9?,12-,13+/m1/s1. The molecule has 0 heterocycles. The van der Waals surface area contributed by atoms with Crippen LogP contribution in [0, 0.1) is 11.8 Å². The number of alkyl halides is 1. The van der Waals surface area contributed by atoms with Gasteiger partial charge in [-0.2, -0.15) is 0 Å². The van der Waals surface area contributed by atoms with E-state index in [2.05, 4.69) is 0 Å². The number of carbonyl (C=O) groups is 2. The summed E-state index contributed by atoms with van der Waals surface area (Å²) in [5, 5.41) is 18.3. The number of hydrogen-bond donors (Lipinski definition) is 3. The quantitative estimate of drug-likeness (QED) is 0.696. The van der Waals surface area contributed by atoms with E-state index >= 15 is 0 Å². The first-order valence-corrected chi connectivity index (χ1v) is 6.93. The Morgan fingerprint density at radius 3 is 2.30 bits per heavy atom. The van der Waals surface area contributed by atoms with Crippen LogP contribution in [0.25, 0.3) is 0 Å². The van der Waals surface area contributed by atoms with Crippen molar-refractivity contribution in [3.63, 3.8) is 0 Å². The Morgan fingerprint density at radius 2 is 1.80 bits per heavy atom. The van der Waals surface area contributed by atoms with E-state index in [9.17, 15) is 19.1 Å². The minimum atomic E-state index is -2.51. The van der Waals surface area contributed by atoms with Crippen molar-refractivity contribution in [3.05, 3.63) is 0 Å². The van der Waals surface area contributed by atoms with E-state index in [1.807, 2.05) is 0 Å². The average molecular weight is 287 g/mol. The molecule has 0 aromatic rings. The van der Waals surface area contributed by atoms with Gasteiger partial charge >= 0.3 is 11.9 Å². The van der Waals surface area contributed by atoms with E-state index in [0.717, 1.165) is 25.7 Å². The lowest BCUT2D eigenvalue weighted by atomic mass is 9.87. The van der Waals surface area contributed by atoms with Gasteiger partial charge in [-0.25, -0.2) is 9.18 Å². The summed E-state index contributed by atoms with van der Waals surface area (Å²) >= 11 is 0. The Labute approximate surface area is 115 Å². The van der Waals surface area contributed by atoms with Crippen molar-refractivity contribution in [2.75, 3.05) is 0 Å². The van der Waals surface area contributed by atoms with Crippen LogP contribution in [-0.2, 0) is 14.3 Å². The molecule has 4 N–H and O–H groups in total. The highest BCUT2D eigenvalue weighted by Gasteiger charge is 2.85. The molecule has 0 amide bonds. The molecule has 3 saturated carbocycles. The second-order valence-electron chi connectivity index (χ2n) is 6.16. The SMILES string of the molecule is N[C@]1(C(=O)O)C2[C@@H](C[C@H]1OC1CCCC1)[C@]2(F)C(=O)O. The van der Waals surface area contributed by atoms with Gasteiger partial charge in [-0.15, -0.1) is 0 Å². The van der Waals surface area contributed by atoms with E-state index in [4.69, 9.17) is 15.6 Å². The highest BCUT2D eigenvalue weighted by Crippen LogP contribution is 2.67. The summed E-state index contributed by atoms with van der Waals surface area (Å²) in [5.41, 5.74) is 1.44. The molecule has 0 aliphatic heterocycles. The molecule has 3 rings (SSSR count). The van der Waals surface area contributed by atoms with Gasteiger partial charge in [-0.1, -0.05) is 12.8 Å². The fraction of sp³-hybridized carbons (Fsp3) is 0.846. The number of nitrogens with two attached hydrogens (primary N) is 1. The van der Waals surface area contributed by atoms with E-state index in [1.165, 1.54) is 0 Å². The predicted octanol–water partition coefficient (Wildman–Crippen LogP) is 0.539. The number of hydrogen-bond acceptors (Lipinski definition) is 4. The summed E-state index contributed by atoms with van der Waals surface area (Å²) in [6, 6.07) is 0. The van der Waals surface area contributed by atoms with Crippen molar-refractivity contribution < 1.29 is 28.9 Å². The first-order chi connectivity index (χ1) is 9.32. The Kier molecular flexibility index (Phi) is 2.85. The number of carboxylic acid groups (broad SMARTS) is 2. The van der Waals surface area contributed by atoms with Crippen molar-refractivity contribution in [1.82, 2.24) is 0 Å². The molecule has 6 nitrogen and oxygen atoms in total. The molecule has 1 unspecified atom stereocenters. The van der Waals surface area contributed by atoms with Crippen LogP contribution < -0.4 is 5.73 Å². The van der Waals surface area contributed by atoms with Crippen LogP contribution in [0.4, 0.5) is 4.39 Å². The molecule has 20 heavy (non-hydrogen) atoms. The zero-order valence-corrected chi connectivity index (χ0v) is 10.9. The van der Waals surface area contributed by atoms with Crippen molar-refractivity contribution in [2.45, 2.75) is 55.5 Å². The van der Waals surface area contributed by atoms with E-state index in [0.29, 0.717) is 0 Å². The van der Waals surface area contributed by atoms with Crippen molar-refractivity contribution in [3.8, 4) is 0 Å². The van der Waals surface area contributed by atoms with Crippen LogP contribution in [-0.4, -0.2) is 45.6 Å². The normalized spacial score (nSPS) is 47.2. The lowest BCUT2D eigenvalue weighted by Crippen LogP contribution is -2.61. The van der Waals surface area contributed by atoms with Crippen LogP contribution in [0.3, 0.4) is 0 Å². The number of carboxylic acids is 2. The Morgan fingerprint density at radius 1 is 1.20 bits per heavy atom. The highest BCUT2D eigenvalue weighted by atomic mass is 19.1. The van der Waals surface area contributed by atoms with Crippen LogP contribution in [0.2, 0.25) is 0 Å². The van der Waals surface area contributed by atoms with Crippen LogP contribution in [0.1, 0.15) is 32.1 Å². The number of aliphatic carboxylic acids is 2. The van der Waals surface area contributed by atoms with Gasteiger partial charge in [0.2, 0.25) is 5.67 Å². The topological polar surface area (TPSA) is 110 Å². The van der Waals surface area contributed by atoms with Gasteiger partial charge < -0.3 is 20.7 Å². The summed E-state index contributed by atoms with van der Waals surface area (Å²) in [4.78, 5) is 22.5. The first kappa shape index (κ1) is 13.8. The number of halogens is 1. The number of fused-ring (bicyclic) bond motifs is 1. The average Bonchev–Trinajstić information content (AvgIpc) is 2.74. The maximum absolute atomic E-state index is 14.3. The van der Waals surface area contributed by atoms with E-state index in [1.54, 1.807) is 0 Å². The van der Waals surface area contributed by atoms with Gasteiger partial charge in [-0.05, 0) is 19.3 Å². The van der Waals surface area contributed by atoms with E-state index in [-0.39, 0.29) is 12.5 Å². The maximum Gasteiger partial charge on any atom is 0.342 e. The second kappa shape index (κ2) is 4.14. The number of rotatable bonds is 4. The summed E-state index contributed by atoms with van der Waals surface area (Å²) in [7, 11) is 0. The van der Waals surface area contributed by atoms with Gasteiger partial charge in [0.05, 0.1) is 12.2 Å². The molecule has 5 atom stereocenters. The minimum Gasteiger partial charge on any atom is -0.480 e. The second-order valence-corrected chi connectivity index (χ2v) is 6.16. The monoisotopic (exact) mass is 287 g/mol. The summed E-state index contributed by atoms with van der Waals surface area (Å²) in [6.07, 6.45) is 2.96. The Hall–Kier alpha value is -1.21. The fourth-order valence-electron chi connectivity index (χ4n) is 4.03. The van der Waals surface area contributed by atoms with Crippen molar-refractivity contribution in [1.29, 1.82) is 0 Å². The zero-order valence-electron chi connectivity index (χ0n) is 10.9. The van der Waals surface area contributed by atoms with Gasteiger partial charge in [0.15, 0.2) is 0 Å². The van der Waals surface area contributed by atoms with Crippen LogP contribution in [0.15, 0.2) is 0 Å². The minimum absolute atomic E-state index is 0.0429. The third-order valence-corrected chi connectivity index (χ3v) is 5.16. The van der Waals surface area contributed by atoms with Gasteiger partial charge in [0, 0.05) is 11.8 Å². The van der Waals surface area contributed by atoms with Gasteiger partial charge in [0.1, 0.15) is 5.54 Å². The third-order valence-electron chi connectivity index (χ3n) is 5.16. The largest absolute Gasteiger partial charge is 0.480 e. The number of ether oxygens (including phenoxy) is 1. The molecular weight excluding hydrogens is 269 g/mol.